The zero-order valence-corrected chi connectivity index (χ0v) is 35.8. The molecule has 3 saturated heterocycles. The maximum absolute atomic E-state index is 11.1. The fraction of sp³-hybridized carbons (Fsp3) is 0.976. The Bertz CT molecular complexity index is 1150. The fourth-order valence-electron chi connectivity index (χ4n) is 7.97. The maximum atomic E-state index is 11.1. The molecule has 61 heavy (non-hydrogen) atoms. The van der Waals surface area contributed by atoms with Gasteiger partial charge in [-0.25, -0.2) is 4.79 Å². The number of carboxylic acid groups (broad SMARTS) is 1. The molecular formula is C42H78O19. The first-order valence-electron chi connectivity index (χ1n) is 22.7. The molecule has 0 aliphatic carbocycles. The Labute approximate surface area is 359 Å². The molecule has 0 aromatic heterocycles. The topological polar surface area (TPSA) is 315 Å². The zero-order chi connectivity index (χ0) is 44.9. The number of hydrogen-bond donors (Lipinski definition) is 12. The molecule has 19 nitrogen and oxygen atoms in total. The molecule has 0 bridgehead atoms. The maximum Gasteiger partial charge on any atom is 0.332 e. The Morgan fingerprint density at radius 3 is 1.54 bits per heavy atom. The van der Waals surface area contributed by atoms with E-state index in [1.165, 1.54) is 12.8 Å². The van der Waals surface area contributed by atoms with Crippen molar-refractivity contribution in [2.24, 2.45) is 0 Å². The highest BCUT2D eigenvalue weighted by Gasteiger charge is 2.51. The molecule has 17 atom stereocenters. The average molecular weight is 887 g/mol. The number of carboxylic acids is 1. The number of carbonyl (C=O) groups is 1. The third-order valence-electron chi connectivity index (χ3n) is 12.0. The number of rotatable bonds is 31. The summed E-state index contributed by atoms with van der Waals surface area (Å²) in [5.41, 5.74) is 0. The lowest BCUT2D eigenvalue weighted by Gasteiger charge is -2.46. The lowest BCUT2D eigenvalue weighted by molar-refractivity contribution is -0.380. The second kappa shape index (κ2) is 29.4. The summed E-state index contributed by atoms with van der Waals surface area (Å²) in [6, 6.07) is 0. The summed E-state index contributed by atoms with van der Waals surface area (Å²) >= 11 is 0. The van der Waals surface area contributed by atoms with Crippen LogP contribution >= 0.6 is 0 Å². The van der Waals surface area contributed by atoms with E-state index in [1.807, 2.05) is 6.92 Å². The molecule has 3 fully saturated rings. The summed E-state index contributed by atoms with van der Waals surface area (Å²) in [6.45, 7) is 0.564. The van der Waals surface area contributed by atoms with Gasteiger partial charge in [0.1, 0.15) is 61.0 Å². The van der Waals surface area contributed by atoms with Crippen LogP contribution in [0.2, 0.25) is 0 Å². The Kier molecular flexibility index (Phi) is 26.0. The molecular weight excluding hydrogens is 808 g/mol. The van der Waals surface area contributed by atoms with Crippen LogP contribution in [0.4, 0.5) is 0 Å². The van der Waals surface area contributed by atoms with Crippen molar-refractivity contribution < 1.29 is 94.5 Å². The third kappa shape index (κ3) is 18.3. The van der Waals surface area contributed by atoms with Crippen LogP contribution in [0.5, 0.6) is 0 Å². The van der Waals surface area contributed by atoms with Gasteiger partial charge in [-0.3, -0.25) is 0 Å². The zero-order valence-electron chi connectivity index (χ0n) is 35.8. The van der Waals surface area contributed by atoms with Gasteiger partial charge in [0.2, 0.25) is 0 Å². The summed E-state index contributed by atoms with van der Waals surface area (Å²) < 4.78 is 35.0. The molecule has 3 rings (SSSR count). The average Bonchev–Trinajstić information content (AvgIpc) is 3.24. The quantitative estimate of drug-likeness (QED) is 0.0411. The summed E-state index contributed by atoms with van der Waals surface area (Å²) in [7, 11) is 0. The summed E-state index contributed by atoms with van der Waals surface area (Å²) in [5.74, 6) is -1.16. The first kappa shape index (κ1) is 54.1. The second-order valence-electron chi connectivity index (χ2n) is 17.1. The molecule has 0 spiro atoms. The summed E-state index contributed by atoms with van der Waals surface area (Å²) in [5, 5.41) is 123. The summed E-state index contributed by atoms with van der Waals surface area (Å²) in [4.78, 5) is 10.6. The molecule has 0 radical (unpaired) electrons. The predicted molar refractivity (Wildman–Crippen MR) is 216 cm³/mol. The van der Waals surface area contributed by atoms with Gasteiger partial charge >= 0.3 is 5.97 Å². The minimum Gasteiger partial charge on any atom is -0.479 e. The number of unbranched alkanes of at least 4 members (excludes halogenated alkanes) is 12. The standard InChI is InChI=1S/C42H78O19/c1-2-3-17-25(18-16-21-27(45)26(44)19-14-12-10-8-6-4-5-7-9-11-13-15-20-28(46)39(54)55)58-41-37(32(49)29(47)23-56-41)61-42-38(33(50)30(48)24-57-42)60-40-36(53)35(52)34(51)31(22-43)59-40/h25-38,40-53H,2-24H2,1H3,(H,54,55)/t25-,26+,27+,28+,29?,30?,31?,32?,33?,34?,35?,36?,37?,38?,40?,41?,42?/m1/s1. The molecule has 3 heterocycles. The Morgan fingerprint density at radius 1 is 0.557 bits per heavy atom. The normalized spacial score (nSPS) is 34.2. The van der Waals surface area contributed by atoms with Gasteiger partial charge in [0.15, 0.2) is 25.0 Å². The van der Waals surface area contributed by atoms with E-state index in [1.54, 1.807) is 0 Å². The van der Waals surface area contributed by atoms with Gasteiger partial charge in [0, 0.05) is 0 Å². The molecule has 360 valence electrons. The first-order chi connectivity index (χ1) is 29.2. The van der Waals surface area contributed by atoms with Crippen LogP contribution in [0, 0.1) is 0 Å². The van der Waals surface area contributed by atoms with Crippen molar-refractivity contribution in [3.8, 4) is 0 Å². The van der Waals surface area contributed by atoms with Crippen LogP contribution in [0.3, 0.4) is 0 Å². The van der Waals surface area contributed by atoms with Crippen molar-refractivity contribution in [1.82, 2.24) is 0 Å². The van der Waals surface area contributed by atoms with E-state index in [0.717, 1.165) is 77.0 Å². The van der Waals surface area contributed by atoms with Crippen LogP contribution in [-0.2, 0) is 33.2 Å². The summed E-state index contributed by atoms with van der Waals surface area (Å²) in [6.07, 6.45) is -7.03. The van der Waals surface area contributed by atoms with Crippen molar-refractivity contribution in [3.05, 3.63) is 0 Å². The molecule has 13 unspecified atom stereocenters. The molecule has 0 saturated carbocycles. The number of hydrogen-bond acceptors (Lipinski definition) is 18. The van der Waals surface area contributed by atoms with E-state index in [4.69, 9.17) is 33.5 Å². The highest BCUT2D eigenvalue weighted by Crippen LogP contribution is 2.32. The van der Waals surface area contributed by atoms with Gasteiger partial charge < -0.3 is 89.7 Å². The van der Waals surface area contributed by atoms with Gasteiger partial charge in [0.05, 0.1) is 38.1 Å². The van der Waals surface area contributed by atoms with Crippen molar-refractivity contribution in [3.63, 3.8) is 0 Å². The minimum absolute atomic E-state index is 0.289. The fourth-order valence-corrected chi connectivity index (χ4v) is 7.97. The number of ether oxygens (including phenoxy) is 6. The van der Waals surface area contributed by atoms with Crippen molar-refractivity contribution in [2.75, 3.05) is 19.8 Å². The molecule has 3 aliphatic rings. The lowest BCUT2D eigenvalue weighted by atomic mass is 9.98. The van der Waals surface area contributed by atoms with Gasteiger partial charge in [-0.1, -0.05) is 96.8 Å². The van der Waals surface area contributed by atoms with Crippen LogP contribution < -0.4 is 0 Å². The number of aliphatic hydroxyl groups is 11. The minimum atomic E-state index is -1.84. The lowest BCUT2D eigenvalue weighted by Crippen LogP contribution is -2.64. The van der Waals surface area contributed by atoms with Crippen LogP contribution in [-0.4, -0.2) is 191 Å². The highest BCUT2D eigenvalue weighted by molar-refractivity contribution is 5.71. The molecule has 19 heteroatoms. The van der Waals surface area contributed by atoms with Gasteiger partial charge in [-0.05, 0) is 38.5 Å². The second-order valence-corrected chi connectivity index (χ2v) is 17.1. The van der Waals surface area contributed by atoms with Gasteiger partial charge in [-0.2, -0.15) is 0 Å². The van der Waals surface area contributed by atoms with Crippen molar-refractivity contribution in [1.29, 1.82) is 0 Å². The van der Waals surface area contributed by atoms with E-state index < -0.39 is 124 Å². The molecule has 0 aromatic rings. The molecule has 12 N–H and O–H groups in total. The van der Waals surface area contributed by atoms with Gasteiger partial charge in [-0.15, -0.1) is 0 Å². The third-order valence-corrected chi connectivity index (χ3v) is 12.0. The van der Waals surface area contributed by atoms with E-state index in [0.29, 0.717) is 38.5 Å². The van der Waals surface area contributed by atoms with E-state index in [-0.39, 0.29) is 6.61 Å². The monoisotopic (exact) mass is 887 g/mol. The largest absolute Gasteiger partial charge is 0.479 e. The van der Waals surface area contributed by atoms with E-state index >= 15 is 0 Å². The predicted octanol–water partition coefficient (Wildman–Crippen LogP) is 0.0873. The van der Waals surface area contributed by atoms with Crippen molar-refractivity contribution >= 4 is 5.97 Å². The van der Waals surface area contributed by atoms with E-state index in [9.17, 15) is 61.0 Å². The number of aliphatic carboxylic acids is 1. The highest BCUT2D eigenvalue weighted by atomic mass is 16.8. The Balaban J connectivity index is 1.42. The van der Waals surface area contributed by atoms with E-state index in [2.05, 4.69) is 0 Å². The molecule has 0 amide bonds. The molecule has 3 aliphatic heterocycles. The number of aliphatic hydroxyl groups excluding tert-OH is 11. The van der Waals surface area contributed by atoms with Gasteiger partial charge in [0.25, 0.3) is 0 Å². The van der Waals surface area contributed by atoms with Crippen LogP contribution in [0.25, 0.3) is 0 Å². The first-order valence-corrected chi connectivity index (χ1v) is 22.7. The molecule has 0 aromatic carbocycles. The van der Waals surface area contributed by atoms with Crippen LogP contribution in [0.1, 0.15) is 135 Å². The SMILES string of the molecule is CCCC[C@H](CCC[C@H](O)[C@@H](O)CCCCCCCCCCCCCC[C@H](O)C(=O)O)OC1OCC(O)C(O)C1OC1OCC(O)C(O)C1OC1OC(CO)C(O)C(O)C1O. The smallest absolute Gasteiger partial charge is 0.332 e. The Morgan fingerprint density at radius 2 is 1.02 bits per heavy atom. The van der Waals surface area contributed by atoms with Crippen molar-refractivity contribution in [2.45, 2.75) is 240 Å². The van der Waals surface area contributed by atoms with Crippen LogP contribution in [0.15, 0.2) is 0 Å². The Hall–Kier alpha value is -1.21.